The average Bonchev–Trinajstić information content (AvgIpc) is 2.59. The van der Waals surface area contributed by atoms with Crippen molar-refractivity contribution in [3.8, 4) is 6.07 Å². The lowest BCUT2D eigenvalue weighted by Gasteiger charge is -2.13. The van der Waals surface area contributed by atoms with Gasteiger partial charge in [0, 0.05) is 18.7 Å². The first-order chi connectivity index (χ1) is 13.1. The molecule has 0 saturated carbocycles. The van der Waals surface area contributed by atoms with E-state index in [1.165, 1.54) is 0 Å². The van der Waals surface area contributed by atoms with Gasteiger partial charge in [0.1, 0.15) is 11.6 Å². The largest absolute Gasteiger partial charge is 0.352 e. The highest BCUT2D eigenvalue weighted by molar-refractivity contribution is 7.92. The van der Waals surface area contributed by atoms with Gasteiger partial charge in [-0.3, -0.25) is 14.3 Å². The Morgan fingerprint density at radius 1 is 1.25 bits per heavy atom. The Kier molecular flexibility index (Phi) is 6.59. The van der Waals surface area contributed by atoms with Gasteiger partial charge in [0.25, 0.3) is 5.56 Å². The summed E-state index contributed by atoms with van der Waals surface area (Å²) in [5.74, 6) is -0.224. The molecule has 0 aliphatic rings. The molecule has 0 unspecified atom stereocenters. The van der Waals surface area contributed by atoms with E-state index in [0.717, 1.165) is 11.8 Å². The van der Waals surface area contributed by atoms with Crippen molar-refractivity contribution in [3.05, 3.63) is 62.6 Å². The van der Waals surface area contributed by atoms with Crippen molar-refractivity contribution < 1.29 is 13.2 Å². The zero-order valence-electron chi connectivity index (χ0n) is 15.9. The number of aryl methyl sites for hydroxylation is 1. The van der Waals surface area contributed by atoms with Gasteiger partial charge in [-0.2, -0.15) is 5.26 Å². The molecule has 2 aromatic rings. The predicted molar refractivity (Wildman–Crippen MR) is 106 cm³/mol. The van der Waals surface area contributed by atoms with Crippen molar-refractivity contribution in [2.75, 3.05) is 11.0 Å². The van der Waals surface area contributed by atoms with Gasteiger partial charge in [-0.05, 0) is 43.0 Å². The molecule has 0 aliphatic heterocycles. The highest BCUT2D eigenvalue weighted by Crippen LogP contribution is 2.17. The molecule has 1 aromatic carbocycles. The monoisotopic (exact) mass is 402 g/mol. The van der Waals surface area contributed by atoms with E-state index in [0.29, 0.717) is 28.9 Å². The number of nitriles is 1. The molecule has 0 fully saturated rings. The van der Waals surface area contributed by atoms with Crippen LogP contribution in [0.3, 0.4) is 0 Å². The fourth-order valence-electron chi connectivity index (χ4n) is 2.91. The molecular formula is C19H22N4O4S. The van der Waals surface area contributed by atoms with E-state index in [9.17, 15) is 18.0 Å². The molecule has 28 heavy (non-hydrogen) atoms. The molecule has 0 radical (unpaired) electrons. The number of nitrogens with one attached hydrogen (secondary N) is 3. The van der Waals surface area contributed by atoms with Gasteiger partial charge in [0.2, 0.25) is 15.9 Å². The topological polar surface area (TPSA) is 132 Å². The van der Waals surface area contributed by atoms with Crippen LogP contribution in [0, 0.1) is 25.2 Å². The minimum atomic E-state index is -3.42. The number of aromatic amines is 1. The number of carbonyl (C=O) groups is 1. The van der Waals surface area contributed by atoms with E-state index in [1.54, 1.807) is 38.1 Å². The average molecular weight is 402 g/mol. The van der Waals surface area contributed by atoms with Gasteiger partial charge in [-0.25, -0.2) is 8.42 Å². The normalized spacial score (nSPS) is 10.9. The maximum atomic E-state index is 12.2. The minimum Gasteiger partial charge on any atom is -0.352 e. The summed E-state index contributed by atoms with van der Waals surface area (Å²) >= 11 is 0. The lowest BCUT2D eigenvalue weighted by atomic mass is 9.99. The number of aromatic nitrogens is 1. The number of hydrogen-bond donors (Lipinski definition) is 3. The number of rotatable bonds is 7. The number of amides is 1. The number of sulfonamides is 1. The predicted octanol–water partition coefficient (Wildman–Crippen LogP) is 1.48. The van der Waals surface area contributed by atoms with Crippen molar-refractivity contribution in [1.29, 1.82) is 5.26 Å². The van der Waals surface area contributed by atoms with Crippen LogP contribution in [0.25, 0.3) is 0 Å². The molecule has 0 atom stereocenters. The van der Waals surface area contributed by atoms with Crippen molar-refractivity contribution in [2.45, 2.75) is 33.2 Å². The lowest BCUT2D eigenvalue weighted by Crippen LogP contribution is -2.25. The molecule has 148 valence electrons. The van der Waals surface area contributed by atoms with Crippen LogP contribution in [0.1, 0.15) is 34.4 Å². The number of hydrogen-bond acceptors (Lipinski definition) is 5. The molecule has 0 saturated heterocycles. The quantitative estimate of drug-likeness (QED) is 0.645. The molecule has 1 amide bonds. The maximum absolute atomic E-state index is 12.2. The molecular weight excluding hydrogens is 380 g/mol. The van der Waals surface area contributed by atoms with Gasteiger partial charge >= 0.3 is 0 Å². The summed E-state index contributed by atoms with van der Waals surface area (Å²) < 4.78 is 25.3. The Balaban J connectivity index is 2.04. The van der Waals surface area contributed by atoms with Gasteiger partial charge < -0.3 is 10.3 Å². The SMILES string of the molecule is Cc1[nH]c(=O)c(C#N)c(C)c1CCC(=O)NCc1ccccc1NS(C)(=O)=O. The second-order valence-corrected chi connectivity index (χ2v) is 8.23. The molecule has 1 aromatic heterocycles. The Morgan fingerprint density at radius 2 is 1.93 bits per heavy atom. The number of H-pyrrole nitrogens is 1. The molecule has 0 bridgehead atoms. The number of benzene rings is 1. The van der Waals surface area contributed by atoms with E-state index in [2.05, 4.69) is 15.0 Å². The van der Waals surface area contributed by atoms with E-state index in [1.807, 2.05) is 6.07 Å². The van der Waals surface area contributed by atoms with Gasteiger partial charge in [0.15, 0.2) is 0 Å². The second kappa shape index (κ2) is 8.71. The standard InChI is InChI=1S/C19H22N4O4S/c1-12-15(13(2)22-19(25)16(12)10-20)8-9-18(24)21-11-14-6-4-5-7-17(14)23-28(3,26)27/h4-7,23H,8-9,11H2,1-3H3,(H,21,24)(H,22,25). The van der Waals surface area contributed by atoms with Crippen LogP contribution in [0.15, 0.2) is 29.1 Å². The summed E-state index contributed by atoms with van der Waals surface area (Å²) in [7, 11) is -3.42. The second-order valence-electron chi connectivity index (χ2n) is 6.48. The van der Waals surface area contributed by atoms with Crippen LogP contribution in [0.4, 0.5) is 5.69 Å². The van der Waals surface area contributed by atoms with Crippen LogP contribution in [-0.2, 0) is 27.8 Å². The Bertz CT molecular complexity index is 1100. The summed E-state index contributed by atoms with van der Waals surface area (Å²) in [5, 5.41) is 11.9. The van der Waals surface area contributed by atoms with Gasteiger partial charge in [-0.15, -0.1) is 0 Å². The zero-order chi connectivity index (χ0) is 20.9. The molecule has 9 heteroatoms. The zero-order valence-corrected chi connectivity index (χ0v) is 16.7. The van der Waals surface area contributed by atoms with Gasteiger partial charge in [0.05, 0.1) is 11.9 Å². The smallest absolute Gasteiger partial charge is 0.266 e. The fourth-order valence-corrected chi connectivity index (χ4v) is 3.51. The number of carbonyl (C=O) groups excluding carboxylic acids is 1. The third kappa shape index (κ3) is 5.44. The Hall–Kier alpha value is -3.12. The molecule has 0 spiro atoms. The first kappa shape index (κ1) is 21.2. The van der Waals surface area contributed by atoms with Crippen molar-refractivity contribution in [1.82, 2.24) is 10.3 Å². The van der Waals surface area contributed by atoms with Crippen LogP contribution in [0.2, 0.25) is 0 Å². The molecule has 8 nitrogen and oxygen atoms in total. The minimum absolute atomic E-state index is 0.0572. The molecule has 2 rings (SSSR count). The summed E-state index contributed by atoms with van der Waals surface area (Å²) in [5.41, 5.74) is 2.67. The number of para-hydroxylation sites is 1. The Morgan fingerprint density at radius 3 is 2.57 bits per heavy atom. The van der Waals surface area contributed by atoms with Crippen LogP contribution in [0.5, 0.6) is 0 Å². The number of nitrogens with zero attached hydrogens (tertiary/aromatic N) is 1. The fraction of sp³-hybridized carbons (Fsp3) is 0.316. The van der Waals surface area contributed by atoms with E-state index >= 15 is 0 Å². The Labute approximate surface area is 163 Å². The van der Waals surface area contributed by atoms with Crippen LogP contribution < -0.4 is 15.6 Å². The summed E-state index contributed by atoms with van der Waals surface area (Å²) in [4.78, 5) is 26.6. The summed E-state index contributed by atoms with van der Waals surface area (Å²) in [6, 6.07) is 8.70. The van der Waals surface area contributed by atoms with E-state index < -0.39 is 15.6 Å². The van der Waals surface area contributed by atoms with Crippen LogP contribution >= 0.6 is 0 Å². The maximum Gasteiger partial charge on any atom is 0.266 e. The lowest BCUT2D eigenvalue weighted by molar-refractivity contribution is -0.121. The highest BCUT2D eigenvalue weighted by atomic mass is 32.2. The van der Waals surface area contributed by atoms with Crippen molar-refractivity contribution in [2.24, 2.45) is 0 Å². The first-order valence-corrected chi connectivity index (χ1v) is 10.5. The number of anilines is 1. The number of pyridine rings is 1. The summed E-state index contributed by atoms with van der Waals surface area (Å²) in [6.45, 7) is 3.60. The van der Waals surface area contributed by atoms with Crippen molar-refractivity contribution >= 4 is 21.6 Å². The molecule has 1 heterocycles. The summed E-state index contributed by atoms with van der Waals surface area (Å²) in [6.07, 6.45) is 1.60. The third-order valence-electron chi connectivity index (χ3n) is 4.31. The van der Waals surface area contributed by atoms with Crippen molar-refractivity contribution in [3.63, 3.8) is 0 Å². The molecule has 0 aliphatic carbocycles. The third-order valence-corrected chi connectivity index (χ3v) is 4.90. The van der Waals surface area contributed by atoms with Gasteiger partial charge in [-0.1, -0.05) is 18.2 Å². The van der Waals surface area contributed by atoms with E-state index in [4.69, 9.17) is 5.26 Å². The highest BCUT2D eigenvalue weighted by Gasteiger charge is 2.14. The molecule has 3 N–H and O–H groups in total. The van der Waals surface area contributed by atoms with Crippen LogP contribution in [-0.4, -0.2) is 25.6 Å². The van der Waals surface area contributed by atoms with E-state index in [-0.39, 0.29) is 24.4 Å². The first-order valence-electron chi connectivity index (χ1n) is 8.57.